The predicted molar refractivity (Wildman–Crippen MR) is 114 cm³/mol. The Morgan fingerprint density at radius 2 is 1.93 bits per heavy atom. The quantitative estimate of drug-likeness (QED) is 0.574. The molecule has 1 aromatic heterocycles. The third-order valence-electron chi connectivity index (χ3n) is 5.45. The van der Waals surface area contributed by atoms with E-state index < -0.39 is 0 Å². The van der Waals surface area contributed by atoms with Crippen LogP contribution in [0.25, 0.3) is 0 Å². The van der Waals surface area contributed by atoms with E-state index in [0.717, 1.165) is 31.2 Å². The fraction of sp³-hybridized carbons (Fsp3) is 0.500. The van der Waals surface area contributed by atoms with Crippen LogP contribution in [0.15, 0.2) is 34.2 Å². The minimum Gasteiger partial charge on any atom is -0.352 e. The van der Waals surface area contributed by atoms with Gasteiger partial charge < -0.3 is 5.32 Å². The Bertz CT molecular complexity index is 921. The minimum absolute atomic E-state index is 0.0100. The van der Waals surface area contributed by atoms with Gasteiger partial charge in [-0.15, -0.1) is 0 Å². The average Bonchev–Trinajstić information content (AvgIpc) is 2.71. The highest BCUT2D eigenvalue weighted by molar-refractivity contribution is 8.00. The maximum absolute atomic E-state index is 13.1. The summed E-state index contributed by atoms with van der Waals surface area (Å²) in [6.45, 7) is 3.65. The van der Waals surface area contributed by atoms with Crippen molar-refractivity contribution in [3.05, 3.63) is 57.3 Å². The first-order valence-corrected chi connectivity index (χ1v) is 11.0. The number of carbonyl (C=O) groups is 1. The molecule has 7 heteroatoms. The van der Waals surface area contributed by atoms with Gasteiger partial charge in [0.25, 0.3) is 5.56 Å². The van der Waals surface area contributed by atoms with E-state index in [0.29, 0.717) is 22.8 Å². The van der Waals surface area contributed by atoms with Gasteiger partial charge in [0.05, 0.1) is 5.25 Å². The van der Waals surface area contributed by atoms with Crippen molar-refractivity contribution in [1.82, 2.24) is 14.9 Å². The van der Waals surface area contributed by atoms with Crippen LogP contribution >= 0.6 is 11.8 Å². The molecule has 2 aromatic rings. The Labute approximate surface area is 175 Å². The number of halogens is 1. The molecule has 0 aliphatic heterocycles. The van der Waals surface area contributed by atoms with E-state index in [9.17, 15) is 14.0 Å². The normalized spacial score (nSPS) is 15.9. The Kier molecular flexibility index (Phi) is 7.11. The number of nitrogens with one attached hydrogen (secondary N) is 1. The third kappa shape index (κ3) is 5.47. The van der Waals surface area contributed by atoms with E-state index in [1.807, 2.05) is 6.92 Å². The zero-order valence-electron chi connectivity index (χ0n) is 17.2. The van der Waals surface area contributed by atoms with Crippen LogP contribution in [-0.4, -0.2) is 26.8 Å². The van der Waals surface area contributed by atoms with Crippen LogP contribution < -0.4 is 10.9 Å². The number of nitrogens with zero attached hydrogens (tertiary/aromatic N) is 2. The summed E-state index contributed by atoms with van der Waals surface area (Å²) in [5, 5.41) is 3.32. The van der Waals surface area contributed by atoms with Crippen molar-refractivity contribution in [1.29, 1.82) is 0 Å². The third-order valence-corrected chi connectivity index (χ3v) is 6.59. The van der Waals surface area contributed by atoms with Gasteiger partial charge in [-0.3, -0.25) is 14.2 Å². The fourth-order valence-corrected chi connectivity index (χ4v) is 4.54. The van der Waals surface area contributed by atoms with Crippen molar-refractivity contribution in [2.45, 2.75) is 68.8 Å². The highest BCUT2D eigenvalue weighted by Gasteiger charge is 2.22. The number of rotatable bonds is 6. The number of amides is 1. The molecule has 1 unspecified atom stereocenters. The maximum atomic E-state index is 13.1. The molecule has 0 spiro atoms. The molecule has 156 valence electrons. The molecule has 1 aromatic carbocycles. The van der Waals surface area contributed by atoms with Gasteiger partial charge in [-0.25, -0.2) is 9.37 Å². The van der Waals surface area contributed by atoms with Crippen LogP contribution in [0.1, 0.15) is 55.8 Å². The highest BCUT2D eigenvalue weighted by atomic mass is 32.2. The molecule has 0 bridgehead atoms. The SMILES string of the molecule is Cc1nc(SC(C)C(=O)NC2CCCCC2)n(C)c(=O)c1Cc1ccc(F)cc1. The lowest BCUT2D eigenvalue weighted by Gasteiger charge is -2.24. The number of carbonyl (C=O) groups excluding carboxylic acids is 1. The van der Waals surface area contributed by atoms with E-state index in [4.69, 9.17) is 0 Å². The first-order chi connectivity index (χ1) is 13.8. The molecule has 1 saturated carbocycles. The monoisotopic (exact) mass is 417 g/mol. The van der Waals surface area contributed by atoms with Gasteiger partial charge in [0.2, 0.25) is 5.91 Å². The van der Waals surface area contributed by atoms with Gasteiger partial charge in [-0.2, -0.15) is 0 Å². The number of aryl methyl sites for hydroxylation is 1. The zero-order chi connectivity index (χ0) is 21.0. The van der Waals surface area contributed by atoms with E-state index in [2.05, 4.69) is 10.3 Å². The van der Waals surface area contributed by atoms with Gasteiger partial charge in [0.1, 0.15) is 5.82 Å². The van der Waals surface area contributed by atoms with E-state index in [1.54, 1.807) is 26.1 Å². The Morgan fingerprint density at radius 3 is 2.59 bits per heavy atom. The smallest absolute Gasteiger partial charge is 0.257 e. The summed E-state index contributed by atoms with van der Waals surface area (Å²) < 4.78 is 14.6. The zero-order valence-corrected chi connectivity index (χ0v) is 18.0. The minimum atomic E-state index is -0.336. The second-order valence-corrected chi connectivity index (χ2v) is 9.04. The molecule has 3 rings (SSSR count). The van der Waals surface area contributed by atoms with Crippen LogP contribution in [0, 0.1) is 12.7 Å². The molecule has 0 saturated heterocycles. The molecular weight excluding hydrogens is 389 g/mol. The molecule has 1 fully saturated rings. The van der Waals surface area contributed by atoms with Gasteiger partial charge >= 0.3 is 0 Å². The van der Waals surface area contributed by atoms with Gasteiger partial charge in [0, 0.05) is 30.8 Å². The summed E-state index contributed by atoms with van der Waals surface area (Å²) >= 11 is 1.30. The first-order valence-electron chi connectivity index (χ1n) is 10.1. The highest BCUT2D eigenvalue weighted by Crippen LogP contribution is 2.23. The molecule has 1 amide bonds. The van der Waals surface area contributed by atoms with Crippen molar-refractivity contribution in [2.75, 3.05) is 0 Å². The lowest BCUT2D eigenvalue weighted by atomic mass is 9.95. The Hall–Kier alpha value is -2.15. The molecule has 1 heterocycles. The van der Waals surface area contributed by atoms with Crippen molar-refractivity contribution in [3.63, 3.8) is 0 Å². The standard InChI is InChI=1S/C22H28FN3O2S/c1-14-19(13-16-9-11-17(23)12-10-16)21(28)26(3)22(24-14)29-15(2)20(27)25-18-7-5-4-6-8-18/h9-12,15,18H,4-8,13H2,1-3H3,(H,25,27). The summed E-state index contributed by atoms with van der Waals surface area (Å²) in [4.78, 5) is 30.0. The molecule has 5 nitrogen and oxygen atoms in total. The maximum Gasteiger partial charge on any atom is 0.257 e. The van der Waals surface area contributed by atoms with Crippen LogP contribution in [0.5, 0.6) is 0 Å². The Balaban J connectivity index is 1.72. The van der Waals surface area contributed by atoms with Gasteiger partial charge in [0.15, 0.2) is 5.16 Å². The summed E-state index contributed by atoms with van der Waals surface area (Å²) in [5.41, 5.74) is 1.95. The second kappa shape index (κ2) is 9.57. The summed E-state index contributed by atoms with van der Waals surface area (Å²) in [7, 11) is 1.68. The number of thioether (sulfide) groups is 1. The molecule has 1 atom stereocenters. The van der Waals surface area contributed by atoms with Crippen molar-refractivity contribution in [2.24, 2.45) is 7.05 Å². The lowest BCUT2D eigenvalue weighted by molar-refractivity contribution is -0.121. The number of hydrogen-bond donors (Lipinski definition) is 1. The number of benzene rings is 1. The van der Waals surface area contributed by atoms with Crippen molar-refractivity contribution in [3.8, 4) is 0 Å². The second-order valence-electron chi connectivity index (χ2n) is 7.73. The molecule has 0 radical (unpaired) electrons. The lowest BCUT2D eigenvalue weighted by Crippen LogP contribution is -2.40. The Morgan fingerprint density at radius 1 is 1.28 bits per heavy atom. The summed E-state index contributed by atoms with van der Waals surface area (Å²) in [6.07, 6.45) is 6.04. The first kappa shape index (κ1) is 21.6. The largest absolute Gasteiger partial charge is 0.352 e. The fourth-order valence-electron chi connectivity index (χ4n) is 3.62. The molecular formula is C22H28FN3O2S. The molecule has 29 heavy (non-hydrogen) atoms. The van der Waals surface area contributed by atoms with Crippen LogP contribution in [-0.2, 0) is 18.3 Å². The van der Waals surface area contributed by atoms with Crippen molar-refractivity contribution >= 4 is 17.7 Å². The number of hydrogen-bond acceptors (Lipinski definition) is 4. The molecule has 1 aliphatic rings. The predicted octanol–water partition coefficient (Wildman–Crippen LogP) is 3.75. The van der Waals surface area contributed by atoms with E-state index in [-0.39, 0.29) is 28.6 Å². The van der Waals surface area contributed by atoms with Gasteiger partial charge in [-0.1, -0.05) is 43.2 Å². The van der Waals surface area contributed by atoms with E-state index in [1.165, 1.54) is 34.9 Å². The topological polar surface area (TPSA) is 64.0 Å². The molecule has 1 N–H and O–H groups in total. The van der Waals surface area contributed by atoms with Crippen LogP contribution in [0.4, 0.5) is 4.39 Å². The number of aromatic nitrogens is 2. The summed E-state index contributed by atoms with van der Waals surface area (Å²) in [6, 6.07) is 6.39. The average molecular weight is 418 g/mol. The van der Waals surface area contributed by atoms with E-state index >= 15 is 0 Å². The molecule has 1 aliphatic carbocycles. The van der Waals surface area contributed by atoms with Crippen LogP contribution in [0.3, 0.4) is 0 Å². The van der Waals surface area contributed by atoms with Crippen molar-refractivity contribution < 1.29 is 9.18 Å². The van der Waals surface area contributed by atoms with Crippen LogP contribution in [0.2, 0.25) is 0 Å². The summed E-state index contributed by atoms with van der Waals surface area (Å²) in [5.74, 6) is -0.312. The van der Waals surface area contributed by atoms with Gasteiger partial charge in [-0.05, 0) is 44.4 Å².